The van der Waals surface area contributed by atoms with Crippen LogP contribution in [0.5, 0.6) is 5.75 Å². The van der Waals surface area contributed by atoms with Crippen LogP contribution in [0.15, 0.2) is 29.3 Å². The molecular weight excluding hydrogens is 214 g/mol. The Hall–Kier alpha value is -1.60. The first-order valence-corrected chi connectivity index (χ1v) is 6.19. The van der Waals surface area contributed by atoms with Crippen molar-refractivity contribution >= 4 is 6.08 Å². The van der Waals surface area contributed by atoms with Gasteiger partial charge in [-0.15, -0.1) is 0 Å². The largest absolute Gasteiger partial charge is 0.490 e. The summed E-state index contributed by atoms with van der Waals surface area (Å²) in [6.07, 6.45) is 7.53. The van der Waals surface area contributed by atoms with Gasteiger partial charge in [0.2, 0.25) is 6.08 Å². The molecule has 0 atom stereocenters. The zero-order chi connectivity index (χ0) is 11.7. The summed E-state index contributed by atoms with van der Waals surface area (Å²) in [6, 6.07) is 7.99. The molecule has 0 amide bonds. The van der Waals surface area contributed by atoms with Crippen LogP contribution in [0.2, 0.25) is 0 Å². The van der Waals surface area contributed by atoms with Crippen molar-refractivity contribution in [2.45, 2.75) is 43.7 Å². The predicted octanol–water partition coefficient (Wildman–Crippen LogP) is 2.94. The van der Waals surface area contributed by atoms with Crippen LogP contribution in [0, 0.1) is 0 Å². The number of ether oxygens (including phenoxy) is 1. The smallest absolute Gasteiger partial charge is 0.235 e. The van der Waals surface area contributed by atoms with Gasteiger partial charge in [0, 0.05) is 0 Å². The lowest BCUT2D eigenvalue weighted by Crippen LogP contribution is -2.24. The summed E-state index contributed by atoms with van der Waals surface area (Å²) in [6.45, 7) is 0. The van der Waals surface area contributed by atoms with Crippen LogP contribution in [0.25, 0.3) is 0 Å². The lowest BCUT2D eigenvalue weighted by molar-refractivity contribution is 0.120. The number of rotatable bonds is 4. The molecule has 88 valence electrons. The van der Waals surface area contributed by atoms with E-state index in [0.29, 0.717) is 6.10 Å². The van der Waals surface area contributed by atoms with Crippen molar-refractivity contribution in [3.63, 3.8) is 0 Å². The number of carbonyl (C=O) groups excluding carboxylic acids is 1. The summed E-state index contributed by atoms with van der Waals surface area (Å²) in [5.74, 6) is 0.902. The van der Waals surface area contributed by atoms with Crippen molar-refractivity contribution in [3.05, 3.63) is 29.8 Å². The zero-order valence-corrected chi connectivity index (χ0v) is 9.69. The molecular formula is C14H15NO2. The lowest BCUT2D eigenvalue weighted by Gasteiger charge is -2.26. The van der Waals surface area contributed by atoms with Gasteiger partial charge in [-0.3, -0.25) is 0 Å². The van der Waals surface area contributed by atoms with Crippen LogP contribution < -0.4 is 4.74 Å². The molecule has 0 radical (unpaired) electrons. The van der Waals surface area contributed by atoms with Crippen LogP contribution in [-0.2, 0) is 10.3 Å². The van der Waals surface area contributed by atoms with Gasteiger partial charge < -0.3 is 4.74 Å². The molecule has 3 rings (SSSR count). The molecule has 2 saturated carbocycles. The number of nitrogens with zero attached hydrogens (tertiary/aromatic N) is 1. The Morgan fingerprint density at radius 1 is 1.35 bits per heavy atom. The van der Waals surface area contributed by atoms with Crippen molar-refractivity contribution in [2.75, 3.05) is 0 Å². The molecule has 0 aliphatic heterocycles. The summed E-state index contributed by atoms with van der Waals surface area (Å²) in [7, 11) is 0. The van der Waals surface area contributed by atoms with Gasteiger partial charge in [-0.1, -0.05) is 12.1 Å². The summed E-state index contributed by atoms with van der Waals surface area (Å²) in [4.78, 5) is 14.4. The second-order valence-corrected chi connectivity index (χ2v) is 4.93. The molecule has 3 nitrogen and oxygen atoms in total. The van der Waals surface area contributed by atoms with E-state index in [9.17, 15) is 4.79 Å². The third-order valence-corrected chi connectivity index (χ3v) is 3.71. The Morgan fingerprint density at radius 3 is 2.76 bits per heavy atom. The van der Waals surface area contributed by atoms with Crippen LogP contribution in [0.3, 0.4) is 0 Å². The highest BCUT2D eigenvalue weighted by Crippen LogP contribution is 2.49. The standard InChI is InChI=1S/C14H15NO2/c16-10-15-14(7-8-14)11-3-1-6-13(9-11)17-12-4-2-5-12/h1,3,6,9,12H,2,4-5,7-8H2. The maximum atomic E-state index is 10.4. The minimum absolute atomic E-state index is 0.291. The number of isocyanates is 1. The van der Waals surface area contributed by atoms with Gasteiger partial charge in [0.1, 0.15) is 5.75 Å². The highest BCUT2D eigenvalue weighted by molar-refractivity contribution is 5.43. The van der Waals surface area contributed by atoms with Crippen LogP contribution >= 0.6 is 0 Å². The monoisotopic (exact) mass is 229 g/mol. The second-order valence-electron chi connectivity index (χ2n) is 4.93. The van der Waals surface area contributed by atoms with E-state index in [1.807, 2.05) is 24.3 Å². The fourth-order valence-corrected chi connectivity index (χ4v) is 2.21. The van der Waals surface area contributed by atoms with E-state index in [1.54, 1.807) is 6.08 Å². The molecule has 2 aliphatic carbocycles. The van der Waals surface area contributed by atoms with Gasteiger partial charge in [-0.2, -0.15) is 4.99 Å². The van der Waals surface area contributed by atoms with E-state index in [4.69, 9.17) is 4.74 Å². The molecule has 0 aromatic heterocycles. The fraction of sp³-hybridized carbons (Fsp3) is 0.500. The van der Waals surface area contributed by atoms with Crippen molar-refractivity contribution < 1.29 is 9.53 Å². The molecule has 3 heteroatoms. The number of aliphatic imine (C=N–C) groups is 1. The average Bonchev–Trinajstić information content (AvgIpc) is 3.06. The van der Waals surface area contributed by atoms with E-state index < -0.39 is 0 Å². The van der Waals surface area contributed by atoms with E-state index >= 15 is 0 Å². The van der Waals surface area contributed by atoms with Gasteiger partial charge in [0.05, 0.1) is 11.6 Å². The molecule has 2 aliphatic rings. The van der Waals surface area contributed by atoms with Gasteiger partial charge in [0.15, 0.2) is 0 Å². The predicted molar refractivity (Wildman–Crippen MR) is 63.7 cm³/mol. The molecule has 0 N–H and O–H groups in total. The van der Waals surface area contributed by atoms with Gasteiger partial charge >= 0.3 is 0 Å². The van der Waals surface area contributed by atoms with Gasteiger partial charge in [-0.05, 0) is 49.8 Å². The third kappa shape index (κ3) is 1.98. The molecule has 2 fully saturated rings. The molecule has 0 bridgehead atoms. The molecule has 0 heterocycles. The second kappa shape index (κ2) is 4.01. The first-order chi connectivity index (χ1) is 8.32. The molecule has 1 aromatic rings. The molecule has 0 saturated heterocycles. The highest BCUT2D eigenvalue weighted by atomic mass is 16.5. The average molecular weight is 229 g/mol. The highest BCUT2D eigenvalue weighted by Gasteiger charge is 2.45. The maximum Gasteiger partial charge on any atom is 0.235 e. The minimum atomic E-state index is -0.291. The van der Waals surface area contributed by atoms with E-state index in [2.05, 4.69) is 4.99 Å². The molecule has 0 unspecified atom stereocenters. The first kappa shape index (κ1) is 10.5. The van der Waals surface area contributed by atoms with E-state index in [0.717, 1.165) is 37.0 Å². The Bertz CT molecular complexity index is 469. The topological polar surface area (TPSA) is 38.7 Å². The van der Waals surface area contributed by atoms with E-state index in [1.165, 1.54) is 6.42 Å². The van der Waals surface area contributed by atoms with Crippen LogP contribution in [0.1, 0.15) is 37.7 Å². The molecule has 1 aromatic carbocycles. The Labute approximate surface area is 101 Å². The summed E-state index contributed by atoms with van der Waals surface area (Å²) in [5.41, 5.74) is 0.790. The maximum absolute atomic E-state index is 10.4. The number of benzene rings is 1. The summed E-state index contributed by atoms with van der Waals surface area (Å²) >= 11 is 0. The normalized spacial score (nSPS) is 21.2. The van der Waals surface area contributed by atoms with Crippen LogP contribution in [-0.4, -0.2) is 12.2 Å². The molecule has 17 heavy (non-hydrogen) atoms. The van der Waals surface area contributed by atoms with Gasteiger partial charge in [-0.25, -0.2) is 4.79 Å². The van der Waals surface area contributed by atoms with E-state index in [-0.39, 0.29) is 5.54 Å². The zero-order valence-electron chi connectivity index (χ0n) is 9.69. The quantitative estimate of drug-likeness (QED) is 0.588. The first-order valence-electron chi connectivity index (χ1n) is 6.19. The Kier molecular flexibility index (Phi) is 2.49. The van der Waals surface area contributed by atoms with Crippen molar-refractivity contribution in [3.8, 4) is 5.75 Å². The number of hydrogen-bond acceptors (Lipinski definition) is 3. The summed E-state index contributed by atoms with van der Waals surface area (Å²) in [5, 5.41) is 0. The minimum Gasteiger partial charge on any atom is -0.490 e. The third-order valence-electron chi connectivity index (χ3n) is 3.71. The van der Waals surface area contributed by atoms with Crippen molar-refractivity contribution in [1.82, 2.24) is 0 Å². The Morgan fingerprint density at radius 2 is 2.18 bits per heavy atom. The SMILES string of the molecule is O=C=NC1(c2cccc(OC3CCC3)c2)CC1. The number of hydrogen-bond donors (Lipinski definition) is 0. The van der Waals surface area contributed by atoms with Gasteiger partial charge in [0.25, 0.3) is 0 Å². The van der Waals surface area contributed by atoms with Crippen LogP contribution in [0.4, 0.5) is 0 Å². The lowest BCUT2D eigenvalue weighted by atomic mass is 9.96. The van der Waals surface area contributed by atoms with Crippen molar-refractivity contribution in [2.24, 2.45) is 4.99 Å². The Balaban J connectivity index is 1.81. The molecule has 0 spiro atoms. The summed E-state index contributed by atoms with van der Waals surface area (Å²) < 4.78 is 5.85. The van der Waals surface area contributed by atoms with Crippen molar-refractivity contribution in [1.29, 1.82) is 0 Å². The fourth-order valence-electron chi connectivity index (χ4n) is 2.21.